The molecule has 0 bridgehead atoms. The van der Waals surface area contributed by atoms with Crippen LogP contribution in [0.3, 0.4) is 0 Å². The summed E-state index contributed by atoms with van der Waals surface area (Å²) < 4.78 is 0. The highest BCUT2D eigenvalue weighted by Gasteiger charge is 2.15. The van der Waals surface area contributed by atoms with Crippen molar-refractivity contribution in [2.45, 2.75) is 6.92 Å². The summed E-state index contributed by atoms with van der Waals surface area (Å²) in [5.74, 6) is -0.402. The number of nitro groups is 1. The first-order chi connectivity index (χ1) is 10.9. The van der Waals surface area contributed by atoms with Gasteiger partial charge in [-0.15, -0.1) is 0 Å². The molecule has 0 aliphatic rings. The first kappa shape index (κ1) is 16.9. The van der Waals surface area contributed by atoms with Crippen molar-refractivity contribution in [1.29, 1.82) is 0 Å². The lowest BCUT2D eigenvalue weighted by molar-refractivity contribution is -0.384. The topological polar surface area (TPSA) is 84.6 Å². The van der Waals surface area contributed by atoms with Gasteiger partial charge in [-0.05, 0) is 25.1 Å². The van der Waals surface area contributed by atoms with Crippen LogP contribution in [0.1, 0.15) is 21.5 Å². The minimum absolute atomic E-state index is 0.0687. The number of carbonyl (C=O) groups is 1. The van der Waals surface area contributed by atoms with Gasteiger partial charge in [0.25, 0.3) is 11.6 Å². The van der Waals surface area contributed by atoms with Crippen LogP contribution in [0.5, 0.6) is 0 Å². The molecule has 2 rings (SSSR count). The van der Waals surface area contributed by atoms with Crippen molar-refractivity contribution in [1.82, 2.24) is 5.43 Å². The largest absolute Gasteiger partial charge is 0.288 e. The predicted molar refractivity (Wildman–Crippen MR) is 89.4 cm³/mol. The third-order valence-electron chi connectivity index (χ3n) is 2.95. The van der Waals surface area contributed by atoms with E-state index in [0.717, 1.165) is 5.56 Å². The van der Waals surface area contributed by atoms with Crippen LogP contribution in [0.25, 0.3) is 0 Å². The Morgan fingerprint density at radius 1 is 1.22 bits per heavy atom. The number of hydrazone groups is 1. The molecule has 2 aromatic carbocycles. The first-order valence-corrected chi connectivity index (χ1v) is 7.17. The second-order valence-electron chi connectivity index (χ2n) is 4.65. The Balaban J connectivity index is 2.14. The highest BCUT2D eigenvalue weighted by molar-refractivity contribution is 6.37. The van der Waals surface area contributed by atoms with E-state index < -0.39 is 10.8 Å². The van der Waals surface area contributed by atoms with E-state index in [9.17, 15) is 14.9 Å². The molecule has 6 nitrogen and oxygen atoms in total. The van der Waals surface area contributed by atoms with Crippen molar-refractivity contribution >= 4 is 41.0 Å². The van der Waals surface area contributed by atoms with E-state index in [-0.39, 0.29) is 21.3 Å². The average molecular weight is 352 g/mol. The van der Waals surface area contributed by atoms with E-state index >= 15 is 0 Å². The fraction of sp³-hybridized carbons (Fsp3) is 0.0667. The number of amides is 1. The molecule has 1 amide bonds. The SMILES string of the molecule is Cc1ccc(C(=O)N/N=C/c2cc([N+](=O)[O-])c(Cl)cc2Cl)cc1. The predicted octanol–water partition coefficient (Wildman–Crippen LogP) is 3.97. The fourth-order valence-corrected chi connectivity index (χ4v) is 2.22. The van der Waals surface area contributed by atoms with Gasteiger partial charge in [0.2, 0.25) is 0 Å². The second kappa shape index (κ2) is 7.21. The molecule has 0 aromatic heterocycles. The van der Waals surface area contributed by atoms with Crippen molar-refractivity contribution in [2.24, 2.45) is 5.10 Å². The number of halogens is 2. The first-order valence-electron chi connectivity index (χ1n) is 6.42. The van der Waals surface area contributed by atoms with Gasteiger partial charge in [-0.1, -0.05) is 40.9 Å². The van der Waals surface area contributed by atoms with Crippen LogP contribution in [0.15, 0.2) is 41.5 Å². The van der Waals surface area contributed by atoms with E-state index in [1.807, 2.05) is 6.92 Å². The van der Waals surface area contributed by atoms with Crippen LogP contribution >= 0.6 is 23.2 Å². The normalized spacial score (nSPS) is 10.7. The van der Waals surface area contributed by atoms with Crippen LogP contribution in [-0.4, -0.2) is 17.0 Å². The maximum atomic E-state index is 11.9. The summed E-state index contributed by atoms with van der Waals surface area (Å²) in [4.78, 5) is 22.1. The Labute approximate surface area is 141 Å². The molecule has 0 aliphatic carbocycles. The zero-order chi connectivity index (χ0) is 17.0. The summed E-state index contributed by atoms with van der Waals surface area (Å²) in [6.07, 6.45) is 1.22. The van der Waals surface area contributed by atoms with Crippen LogP contribution in [0.2, 0.25) is 10.0 Å². The quantitative estimate of drug-likeness (QED) is 0.513. The van der Waals surface area contributed by atoms with Gasteiger partial charge in [-0.2, -0.15) is 5.10 Å². The number of hydrogen-bond acceptors (Lipinski definition) is 4. The monoisotopic (exact) mass is 351 g/mol. The van der Waals surface area contributed by atoms with E-state index in [4.69, 9.17) is 23.2 Å². The van der Waals surface area contributed by atoms with Gasteiger partial charge < -0.3 is 0 Å². The van der Waals surface area contributed by atoms with Gasteiger partial charge in [0.1, 0.15) is 5.02 Å². The third-order valence-corrected chi connectivity index (χ3v) is 3.58. The third kappa shape index (κ3) is 4.28. The molecule has 0 saturated carbocycles. The molecular formula is C15H11Cl2N3O3. The maximum Gasteiger partial charge on any atom is 0.288 e. The summed E-state index contributed by atoms with van der Waals surface area (Å²) in [5, 5.41) is 14.7. The number of aryl methyl sites for hydroxylation is 1. The minimum atomic E-state index is -0.624. The summed E-state index contributed by atoms with van der Waals surface area (Å²) in [6.45, 7) is 1.91. The summed E-state index contributed by atoms with van der Waals surface area (Å²) >= 11 is 11.7. The molecule has 118 valence electrons. The molecule has 8 heteroatoms. The Hall–Kier alpha value is -2.44. The number of hydrogen-bond donors (Lipinski definition) is 1. The molecule has 0 fully saturated rings. The van der Waals surface area contributed by atoms with Gasteiger partial charge in [0.05, 0.1) is 16.2 Å². The van der Waals surface area contributed by atoms with Crippen molar-refractivity contribution in [3.63, 3.8) is 0 Å². The fourth-order valence-electron chi connectivity index (χ4n) is 1.72. The van der Waals surface area contributed by atoms with Crippen LogP contribution in [0.4, 0.5) is 5.69 Å². The van der Waals surface area contributed by atoms with E-state index in [0.29, 0.717) is 5.56 Å². The van der Waals surface area contributed by atoms with E-state index in [2.05, 4.69) is 10.5 Å². The minimum Gasteiger partial charge on any atom is -0.267 e. The molecule has 0 atom stereocenters. The number of nitrogens with one attached hydrogen (secondary N) is 1. The van der Waals surface area contributed by atoms with E-state index in [1.165, 1.54) is 18.3 Å². The number of carbonyl (C=O) groups excluding carboxylic acids is 1. The average Bonchev–Trinajstić information content (AvgIpc) is 2.49. The lowest BCUT2D eigenvalue weighted by Gasteiger charge is -2.02. The summed E-state index contributed by atoms with van der Waals surface area (Å²) in [7, 11) is 0. The van der Waals surface area contributed by atoms with Crippen molar-refractivity contribution in [3.8, 4) is 0 Å². The molecule has 23 heavy (non-hydrogen) atoms. The second-order valence-corrected chi connectivity index (χ2v) is 5.46. The molecule has 1 N–H and O–H groups in total. The van der Waals surface area contributed by atoms with E-state index in [1.54, 1.807) is 24.3 Å². The molecule has 2 aromatic rings. The number of nitro benzene ring substituents is 1. The van der Waals surface area contributed by atoms with Crippen molar-refractivity contribution in [2.75, 3.05) is 0 Å². The molecular weight excluding hydrogens is 341 g/mol. The van der Waals surface area contributed by atoms with Gasteiger partial charge in [-0.25, -0.2) is 5.43 Å². The molecule has 0 heterocycles. The molecule has 0 unspecified atom stereocenters. The highest BCUT2D eigenvalue weighted by atomic mass is 35.5. The van der Waals surface area contributed by atoms with Crippen molar-refractivity contribution < 1.29 is 9.72 Å². The standard InChI is InChI=1S/C15H11Cl2N3O3/c1-9-2-4-10(5-3-9)15(21)19-18-8-11-6-14(20(22)23)13(17)7-12(11)16/h2-8H,1H3,(H,19,21)/b18-8+. The summed E-state index contributed by atoms with van der Waals surface area (Å²) in [6, 6.07) is 9.38. The molecule has 0 radical (unpaired) electrons. The van der Waals surface area contributed by atoms with Gasteiger partial charge >= 0.3 is 0 Å². The van der Waals surface area contributed by atoms with Gasteiger partial charge in [0, 0.05) is 17.2 Å². The smallest absolute Gasteiger partial charge is 0.267 e. The molecule has 0 saturated heterocycles. The Bertz CT molecular complexity index is 789. The summed E-state index contributed by atoms with van der Waals surface area (Å²) in [5.41, 5.74) is 3.79. The molecule has 0 spiro atoms. The van der Waals surface area contributed by atoms with Gasteiger partial charge in [-0.3, -0.25) is 14.9 Å². The number of nitrogens with zero attached hydrogens (tertiary/aromatic N) is 2. The van der Waals surface area contributed by atoms with Crippen molar-refractivity contribution in [3.05, 3.63) is 73.2 Å². The molecule has 0 aliphatic heterocycles. The van der Waals surface area contributed by atoms with Gasteiger partial charge in [0.15, 0.2) is 0 Å². The Kier molecular flexibility index (Phi) is 5.31. The number of rotatable bonds is 4. The Morgan fingerprint density at radius 3 is 2.48 bits per heavy atom. The zero-order valence-electron chi connectivity index (χ0n) is 11.9. The lowest BCUT2D eigenvalue weighted by Crippen LogP contribution is -2.17. The lowest BCUT2D eigenvalue weighted by atomic mass is 10.1. The Morgan fingerprint density at radius 2 is 1.87 bits per heavy atom. The number of benzene rings is 2. The zero-order valence-corrected chi connectivity index (χ0v) is 13.4. The maximum absolute atomic E-state index is 11.9. The van der Waals surface area contributed by atoms with Crippen LogP contribution < -0.4 is 5.43 Å². The van der Waals surface area contributed by atoms with Crippen LogP contribution in [-0.2, 0) is 0 Å². The highest BCUT2D eigenvalue weighted by Crippen LogP contribution is 2.29. The van der Waals surface area contributed by atoms with Crippen LogP contribution in [0, 0.1) is 17.0 Å².